The Hall–Kier alpha value is -2.40. The van der Waals surface area contributed by atoms with Crippen molar-refractivity contribution in [3.63, 3.8) is 0 Å². The van der Waals surface area contributed by atoms with E-state index in [-0.39, 0.29) is 0 Å². The first-order chi connectivity index (χ1) is 11.2. The van der Waals surface area contributed by atoms with Crippen LogP contribution >= 0.6 is 0 Å². The van der Waals surface area contributed by atoms with Gasteiger partial charge in [-0.3, -0.25) is 14.8 Å². The minimum absolute atomic E-state index is 0.426. The summed E-state index contributed by atoms with van der Waals surface area (Å²) >= 11 is 0. The van der Waals surface area contributed by atoms with Gasteiger partial charge in [0.05, 0.1) is 5.69 Å². The van der Waals surface area contributed by atoms with Crippen LogP contribution in [0.4, 0.5) is 10.5 Å². The number of pyridine rings is 1. The molecule has 0 aliphatic rings. The number of amides is 1. The Morgan fingerprint density at radius 1 is 1.09 bits per heavy atom. The van der Waals surface area contributed by atoms with Gasteiger partial charge in [-0.25, -0.2) is 4.79 Å². The molecule has 0 fully saturated rings. The van der Waals surface area contributed by atoms with E-state index in [1.807, 2.05) is 30.3 Å². The molecule has 0 radical (unpaired) electrons. The molecule has 23 heavy (non-hydrogen) atoms. The minimum atomic E-state index is -0.426. The number of carbonyl (C=O) groups is 1. The number of anilines is 1. The number of carbonyl (C=O) groups excluding carboxylic acids is 1. The van der Waals surface area contributed by atoms with Crippen molar-refractivity contribution in [2.24, 2.45) is 0 Å². The molecule has 2 rings (SSSR count). The molecule has 0 aliphatic heterocycles. The van der Waals surface area contributed by atoms with Crippen LogP contribution in [0.25, 0.3) is 0 Å². The van der Waals surface area contributed by atoms with E-state index in [1.54, 1.807) is 25.4 Å². The molecule has 5 heteroatoms. The molecule has 0 unspecified atom stereocenters. The van der Waals surface area contributed by atoms with Crippen molar-refractivity contribution in [3.05, 3.63) is 54.4 Å². The monoisotopic (exact) mass is 313 g/mol. The zero-order valence-corrected chi connectivity index (χ0v) is 13.9. The van der Waals surface area contributed by atoms with Gasteiger partial charge < -0.3 is 4.74 Å². The van der Waals surface area contributed by atoms with Gasteiger partial charge in [-0.05, 0) is 37.4 Å². The van der Waals surface area contributed by atoms with E-state index in [2.05, 4.69) is 23.7 Å². The molecular weight excluding hydrogens is 290 g/mol. The lowest BCUT2D eigenvalue weighted by molar-refractivity contribution is 0.207. The van der Waals surface area contributed by atoms with Gasteiger partial charge in [-0.1, -0.05) is 32.0 Å². The third kappa shape index (κ3) is 4.53. The highest BCUT2D eigenvalue weighted by Gasteiger charge is 2.16. The Labute approximate surface area is 137 Å². The first kappa shape index (κ1) is 17.0. The van der Waals surface area contributed by atoms with Crippen molar-refractivity contribution in [1.82, 2.24) is 9.88 Å². The SMILES string of the molecule is CCN(CC)Cc1ncccc1OC(=O)N(C)c1ccccc1. The third-order valence-electron chi connectivity index (χ3n) is 3.73. The summed E-state index contributed by atoms with van der Waals surface area (Å²) in [6.45, 7) is 6.70. The van der Waals surface area contributed by atoms with Crippen LogP contribution in [0.5, 0.6) is 5.75 Å². The number of benzene rings is 1. The van der Waals surface area contributed by atoms with Crippen molar-refractivity contribution < 1.29 is 9.53 Å². The van der Waals surface area contributed by atoms with Crippen molar-refractivity contribution in [2.75, 3.05) is 25.0 Å². The van der Waals surface area contributed by atoms with Crippen LogP contribution in [0, 0.1) is 0 Å². The Morgan fingerprint density at radius 3 is 2.43 bits per heavy atom. The fourth-order valence-corrected chi connectivity index (χ4v) is 2.21. The molecule has 0 saturated carbocycles. The molecule has 1 heterocycles. The second kappa shape index (κ2) is 8.29. The maximum atomic E-state index is 12.4. The van der Waals surface area contributed by atoms with Gasteiger partial charge in [0.2, 0.25) is 0 Å². The second-order valence-electron chi connectivity index (χ2n) is 5.17. The van der Waals surface area contributed by atoms with Crippen molar-refractivity contribution >= 4 is 11.8 Å². The summed E-state index contributed by atoms with van der Waals surface area (Å²) in [5.74, 6) is 0.507. The highest BCUT2D eigenvalue weighted by atomic mass is 16.6. The molecular formula is C18H23N3O2. The van der Waals surface area contributed by atoms with Crippen LogP contribution in [0.3, 0.4) is 0 Å². The number of aromatic nitrogens is 1. The number of rotatable bonds is 6. The van der Waals surface area contributed by atoms with E-state index in [0.29, 0.717) is 12.3 Å². The van der Waals surface area contributed by atoms with E-state index in [0.717, 1.165) is 24.5 Å². The van der Waals surface area contributed by atoms with Gasteiger partial charge in [-0.2, -0.15) is 0 Å². The summed E-state index contributed by atoms with van der Waals surface area (Å²) in [6, 6.07) is 13.0. The quantitative estimate of drug-likeness (QED) is 0.818. The van der Waals surface area contributed by atoms with Crippen LogP contribution in [0.2, 0.25) is 0 Å². The molecule has 0 saturated heterocycles. The molecule has 122 valence electrons. The van der Waals surface area contributed by atoms with Gasteiger partial charge in [0.25, 0.3) is 0 Å². The highest BCUT2D eigenvalue weighted by molar-refractivity contribution is 5.88. The number of hydrogen-bond donors (Lipinski definition) is 0. The normalized spacial score (nSPS) is 10.6. The number of para-hydroxylation sites is 1. The van der Waals surface area contributed by atoms with Crippen LogP contribution < -0.4 is 9.64 Å². The van der Waals surface area contributed by atoms with Crippen molar-refractivity contribution in [1.29, 1.82) is 0 Å². The zero-order chi connectivity index (χ0) is 16.7. The lowest BCUT2D eigenvalue weighted by Crippen LogP contribution is -2.30. The summed E-state index contributed by atoms with van der Waals surface area (Å²) in [5, 5.41) is 0. The smallest absolute Gasteiger partial charge is 0.408 e. The summed E-state index contributed by atoms with van der Waals surface area (Å²) in [7, 11) is 1.69. The molecule has 0 N–H and O–H groups in total. The first-order valence-corrected chi connectivity index (χ1v) is 7.82. The molecule has 0 spiro atoms. The second-order valence-corrected chi connectivity index (χ2v) is 5.17. The zero-order valence-electron chi connectivity index (χ0n) is 13.9. The van der Waals surface area contributed by atoms with E-state index in [1.165, 1.54) is 4.90 Å². The summed E-state index contributed by atoms with van der Waals surface area (Å²) < 4.78 is 5.55. The van der Waals surface area contributed by atoms with Crippen LogP contribution in [-0.2, 0) is 6.54 Å². The molecule has 1 amide bonds. The fraction of sp³-hybridized carbons (Fsp3) is 0.333. The van der Waals surface area contributed by atoms with Crippen LogP contribution in [-0.4, -0.2) is 36.1 Å². The van der Waals surface area contributed by atoms with Gasteiger partial charge in [0.15, 0.2) is 5.75 Å². The van der Waals surface area contributed by atoms with E-state index in [9.17, 15) is 4.79 Å². The molecule has 1 aromatic heterocycles. The van der Waals surface area contributed by atoms with E-state index < -0.39 is 6.09 Å². The Balaban J connectivity index is 2.12. The van der Waals surface area contributed by atoms with Crippen molar-refractivity contribution in [3.8, 4) is 5.75 Å². The average Bonchev–Trinajstić information content (AvgIpc) is 2.61. The highest BCUT2D eigenvalue weighted by Crippen LogP contribution is 2.20. The van der Waals surface area contributed by atoms with E-state index >= 15 is 0 Å². The predicted octanol–water partition coefficient (Wildman–Crippen LogP) is 3.56. The minimum Gasteiger partial charge on any atom is -0.408 e. The maximum absolute atomic E-state index is 12.4. The van der Waals surface area contributed by atoms with Gasteiger partial charge in [-0.15, -0.1) is 0 Å². The topological polar surface area (TPSA) is 45.7 Å². The fourth-order valence-electron chi connectivity index (χ4n) is 2.21. The lowest BCUT2D eigenvalue weighted by atomic mass is 10.3. The summed E-state index contributed by atoms with van der Waals surface area (Å²) in [4.78, 5) is 20.4. The first-order valence-electron chi connectivity index (χ1n) is 7.82. The number of ether oxygens (including phenoxy) is 1. The molecule has 0 atom stereocenters. The van der Waals surface area contributed by atoms with E-state index in [4.69, 9.17) is 4.74 Å². The molecule has 0 bridgehead atoms. The van der Waals surface area contributed by atoms with Gasteiger partial charge in [0.1, 0.15) is 0 Å². The number of nitrogens with zero attached hydrogens (tertiary/aromatic N) is 3. The predicted molar refractivity (Wildman–Crippen MR) is 91.7 cm³/mol. The third-order valence-corrected chi connectivity index (χ3v) is 3.73. The lowest BCUT2D eigenvalue weighted by Gasteiger charge is -2.20. The molecule has 0 aliphatic carbocycles. The summed E-state index contributed by atoms with van der Waals surface area (Å²) in [6.07, 6.45) is 1.29. The van der Waals surface area contributed by atoms with Gasteiger partial charge in [0, 0.05) is 25.5 Å². The Morgan fingerprint density at radius 2 is 1.78 bits per heavy atom. The number of hydrogen-bond acceptors (Lipinski definition) is 4. The Kier molecular flexibility index (Phi) is 6.11. The Bertz CT molecular complexity index is 627. The maximum Gasteiger partial charge on any atom is 0.419 e. The molecule has 2 aromatic rings. The average molecular weight is 313 g/mol. The van der Waals surface area contributed by atoms with Gasteiger partial charge >= 0.3 is 6.09 Å². The molecule has 1 aromatic carbocycles. The molecule has 5 nitrogen and oxygen atoms in total. The van der Waals surface area contributed by atoms with Crippen molar-refractivity contribution in [2.45, 2.75) is 20.4 Å². The van der Waals surface area contributed by atoms with Crippen LogP contribution in [0.1, 0.15) is 19.5 Å². The summed E-state index contributed by atoms with van der Waals surface area (Å²) in [5.41, 5.74) is 1.55. The standard InChI is InChI=1S/C18H23N3O2/c1-4-21(5-2)14-16-17(12-9-13-19-16)23-18(22)20(3)15-10-7-6-8-11-15/h6-13H,4-5,14H2,1-3H3. The largest absolute Gasteiger partial charge is 0.419 e. The van der Waals surface area contributed by atoms with Crippen LogP contribution in [0.15, 0.2) is 48.7 Å².